The Bertz CT molecular complexity index is 1200. The van der Waals surface area contributed by atoms with E-state index in [0.717, 1.165) is 0 Å². The molecule has 3 aromatic rings. The number of hydrogen-bond donors (Lipinski definition) is 1. The van der Waals surface area contributed by atoms with Gasteiger partial charge in [-0.3, -0.25) is 4.79 Å². The minimum Gasteiger partial charge on any atom is -0.481 e. The topological polar surface area (TPSA) is 88.6 Å². The summed E-state index contributed by atoms with van der Waals surface area (Å²) in [7, 11) is -3.12. The highest BCUT2D eigenvalue weighted by molar-refractivity contribution is 7.93. The molecule has 0 spiro atoms. The van der Waals surface area contributed by atoms with Crippen molar-refractivity contribution in [3.8, 4) is 5.88 Å². The van der Waals surface area contributed by atoms with Gasteiger partial charge in [0.15, 0.2) is 5.82 Å². The molecule has 0 aliphatic carbocycles. The van der Waals surface area contributed by atoms with Crippen molar-refractivity contribution in [2.24, 2.45) is 0 Å². The maximum Gasteiger partial charge on any atom is 0.273 e. The van der Waals surface area contributed by atoms with Crippen LogP contribution in [0.5, 0.6) is 5.88 Å². The van der Waals surface area contributed by atoms with Gasteiger partial charge in [0.05, 0.1) is 12.8 Å². The van der Waals surface area contributed by atoms with E-state index < -0.39 is 39.6 Å². The van der Waals surface area contributed by atoms with E-state index >= 15 is 0 Å². The van der Waals surface area contributed by atoms with Crippen LogP contribution in [0.3, 0.4) is 0 Å². The highest BCUT2D eigenvalue weighted by Crippen LogP contribution is 2.28. The highest BCUT2D eigenvalue weighted by Gasteiger charge is 2.28. The molecule has 31 heavy (non-hydrogen) atoms. The Labute approximate surface area is 176 Å². The first-order chi connectivity index (χ1) is 14.8. The number of sulfonamides is 1. The number of rotatable bonds is 8. The Morgan fingerprint density at radius 1 is 1.06 bits per heavy atom. The first kappa shape index (κ1) is 22.1. The number of methoxy groups -OCH3 is 1. The lowest BCUT2D eigenvalue weighted by Gasteiger charge is -2.20. The zero-order valence-corrected chi connectivity index (χ0v) is 16.9. The average Bonchev–Trinajstić information content (AvgIpc) is 2.73. The smallest absolute Gasteiger partial charge is 0.273 e. The number of pyridine rings is 1. The molecule has 0 bridgehead atoms. The van der Waals surface area contributed by atoms with Crippen LogP contribution in [0.1, 0.15) is 5.56 Å². The largest absolute Gasteiger partial charge is 0.481 e. The molecule has 0 saturated carbocycles. The van der Waals surface area contributed by atoms with Crippen LogP contribution in [0.25, 0.3) is 0 Å². The van der Waals surface area contributed by atoms with Crippen LogP contribution < -0.4 is 14.4 Å². The molecule has 0 atom stereocenters. The fourth-order valence-electron chi connectivity index (χ4n) is 2.74. The Morgan fingerprint density at radius 3 is 2.39 bits per heavy atom. The van der Waals surface area contributed by atoms with Gasteiger partial charge in [0.2, 0.25) is 12.3 Å². The summed E-state index contributed by atoms with van der Waals surface area (Å²) in [6, 6.07) is 10.7. The molecule has 162 valence electrons. The van der Waals surface area contributed by atoms with Crippen molar-refractivity contribution in [3.05, 3.63) is 77.6 Å². The van der Waals surface area contributed by atoms with Crippen LogP contribution >= 0.6 is 0 Å². The van der Waals surface area contributed by atoms with Crippen molar-refractivity contribution in [1.82, 2.24) is 4.98 Å². The van der Waals surface area contributed by atoms with Crippen molar-refractivity contribution in [2.45, 2.75) is 11.4 Å². The fourth-order valence-corrected chi connectivity index (χ4v) is 4.08. The minimum atomic E-state index is -4.45. The van der Waals surface area contributed by atoms with Crippen LogP contribution in [-0.2, 0) is 21.4 Å². The summed E-state index contributed by atoms with van der Waals surface area (Å²) < 4.78 is 72.6. The van der Waals surface area contributed by atoms with Gasteiger partial charge in [0.1, 0.15) is 22.3 Å². The summed E-state index contributed by atoms with van der Waals surface area (Å²) in [5.41, 5.74) is -0.504. The number of ether oxygens (including phenoxy) is 1. The molecular weight excluding hydrogens is 435 g/mol. The number of anilines is 2. The number of benzene rings is 2. The second kappa shape index (κ2) is 9.04. The monoisotopic (exact) mass is 451 g/mol. The molecule has 2 aromatic carbocycles. The van der Waals surface area contributed by atoms with Crippen molar-refractivity contribution in [3.63, 3.8) is 0 Å². The number of halogens is 3. The van der Waals surface area contributed by atoms with Crippen molar-refractivity contribution in [1.29, 1.82) is 0 Å². The SMILES string of the molecule is COc1cccc(N(C=O)S(=O)(=O)c2ccccc2NCc2c(F)cc(F)cc2F)n1. The van der Waals surface area contributed by atoms with E-state index in [4.69, 9.17) is 4.74 Å². The van der Waals surface area contributed by atoms with Crippen LogP contribution in [0.15, 0.2) is 59.5 Å². The average molecular weight is 451 g/mol. The number of carbonyl (C=O) groups is 1. The standard InChI is InChI=1S/C20H16F3N3O4S/c1-30-20-8-4-7-19(25-20)26(12-27)31(28,29)18-6-3-2-5-17(18)24-11-14-15(22)9-13(21)10-16(14)23/h2-10,12,24H,11H2,1H3. The van der Waals surface area contributed by atoms with Gasteiger partial charge in [-0.25, -0.2) is 21.6 Å². The predicted octanol–water partition coefficient (Wildman–Crippen LogP) is 3.47. The first-order valence-corrected chi connectivity index (χ1v) is 10.2. The van der Waals surface area contributed by atoms with E-state index in [1.807, 2.05) is 0 Å². The maximum atomic E-state index is 13.9. The number of nitrogens with zero attached hydrogens (tertiary/aromatic N) is 2. The summed E-state index contributed by atoms with van der Waals surface area (Å²) in [6.07, 6.45) is 0.0766. The summed E-state index contributed by atoms with van der Waals surface area (Å²) in [4.78, 5) is 15.3. The normalized spacial score (nSPS) is 11.1. The third kappa shape index (κ3) is 4.61. The molecule has 0 aliphatic heterocycles. The lowest BCUT2D eigenvalue weighted by Crippen LogP contribution is -2.31. The number of nitrogens with one attached hydrogen (secondary N) is 1. The molecule has 0 radical (unpaired) electrons. The van der Waals surface area contributed by atoms with Crippen molar-refractivity contribution < 1.29 is 31.1 Å². The van der Waals surface area contributed by atoms with Gasteiger partial charge < -0.3 is 10.1 Å². The summed E-state index contributed by atoms with van der Waals surface area (Å²) in [5.74, 6) is -3.44. The third-order valence-corrected chi connectivity index (χ3v) is 5.93. The Hall–Kier alpha value is -3.60. The van der Waals surface area contributed by atoms with Crippen LogP contribution in [-0.4, -0.2) is 26.9 Å². The van der Waals surface area contributed by atoms with Gasteiger partial charge in [-0.2, -0.15) is 9.29 Å². The number of amides is 1. The fraction of sp³-hybridized carbons (Fsp3) is 0.100. The summed E-state index contributed by atoms with van der Waals surface area (Å²) in [6.45, 7) is -0.469. The zero-order chi connectivity index (χ0) is 22.6. The van der Waals surface area contributed by atoms with Crippen LogP contribution in [0.4, 0.5) is 24.7 Å². The first-order valence-electron chi connectivity index (χ1n) is 8.75. The molecule has 0 unspecified atom stereocenters. The van der Waals surface area contributed by atoms with E-state index in [-0.39, 0.29) is 28.7 Å². The van der Waals surface area contributed by atoms with Crippen LogP contribution in [0, 0.1) is 17.5 Å². The Balaban J connectivity index is 1.97. The van der Waals surface area contributed by atoms with Gasteiger partial charge >= 0.3 is 0 Å². The van der Waals surface area contributed by atoms with Gasteiger partial charge in [0.25, 0.3) is 10.0 Å². The molecule has 0 saturated heterocycles. The second-order valence-corrected chi connectivity index (χ2v) is 7.93. The molecule has 1 aromatic heterocycles. The number of hydrogen-bond acceptors (Lipinski definition) is 6. The summed E-state index contributed by atoms with van der Waals surface area (Å²) in [5, 5.41) is 2.62. The van der Waals surface area contributed by atoms with Crippen LogP contribution in [0.2, 0.25) is 0 Å². The van der Waals surface area contributed by atoms with Gasteiger partial charge in [0, 0.05) is 30.3 Å². The van der Waals surface area contributed by atoms with Gasteiger partial charge in [-0.05, 0) is 18.2 Å². The third-order valence-electron chi connectivity index (χ3n) is 4.22. The molecule has 1 heterocycles. The van der Waals surface area contributed by atoms with Crippen molar-refractivity contribution in [2.75, 3.05) is 16.7 Å². The quantitative estimate of drug-likeness (QED) is 0.528. The zero-order valence-electron chi connectivity index (χ0n) is 16.1. The van der Waals surface area contributed by atoms with E-state index in [1.165, 1.54) is 49.6 Å². The summed E-state index contributed by atoms with van der Waals surface area (Å²) >= 11 is 0. The molecule has 0 aliphatic rings. The number of aromatic nitrogens is 1. The predicted molar refractivity (Wildman–Crippen MR) is 107 cm³/mol. The maximum absolute atomic E-state index is 13.9. The highest BCUT2D eigenvalue weighted by atomic mass is 32.2. The lowest BCUT2D eigenvalue weighted by molar-refractivity contribution is -0.106. The second-order valence-electron chi connectivity index (χ2n) is 6.14. The molecule has 7 nitrogen and oxygen atoms in total. The molecule has 11 heteroatoms. The van der Waals surface area contributed by atoms with E-state index in [1.54, 1.807) is 0 Å². The van der Waals surface area contributed by atoms with E-state index in [9.17, 15) is 26.4 Å². The molecule has 1 amide bonds. The van der Waals surface area contributed by atoms with Gasteiger partial charge in [-0.15, -0.1) is 0 Å². The van der Waals surface area contributed by atoms with Crippen molar-refractivity contribution >= 4 is 27.9 Å². The van der Waals surface area contributed by atoms with E-state index in [0.29, 0.717) is 16.4 Å². The number of para-hydroxylation sites is 1. The Kier molecular flexibility index (Phi) is 6.44. The Morgan fingerprint density at radius 2 is 1.74 bits per heavy atom. The van der Waals surface area contributed by atoms with Gasteiger partial charge in [-0.1, -0.05) is 18.2 Å². The minimum absolute atomic E-state index is 0.0274. The molecule has 1 N–H and O–H groups in total. The molecular formula is C20H16F3N3O4S. The molecule has 0 fully saturated rings. The molecule has 3 rings (SSSR count). The van der Waals surface area contributed by atoms with E-state index in [2.05, 4.69) is 10.3 Å². The number of carbonyl (C=O) groups excluding carboxylic acids is 1. The lowest BCUT2D eigenvalue weighted by atomic mass is 10.2.